The first-order chi connectivity index (χ1) is 8.63. The van der Waals surface area contributed by atoms with Crippen LogP contribution in [0.25, 0.3) is 0 Å². The van der Waals surface area contributed by atoms with E-state index >= 15 is 0 Å². The summed E-state index contributed by atoms with van der Waals surface area (Å²) in [5, 5.41) is 4.02. The van der Waals surface area contributed by atoms with Crippen LogP contribution in [0, 0.1) is 0 Å². The van der Waals surface area contributed by atoms with Gasteiger partial charge in [0.2, 0.25) is 0 Å². The highest BCUT2D eigenvalue weighted by Crippen LogP contribution is 2.45. The molecule has 0 spiro atoms. The lowest BCUT2D eigenvalue weighted by atomic mass is 10.1. The molecule has 90 valence electrons. The zero-order chi connectivity index (χ0) is 12.7. The minimum absolute atomic E-state index is 0.0708. The van der Waals surface area contributed by atoms with Crippen molar-refractivity contribution in [3.05, 3.63) is 47.0 Å². The third kappa shape index (κ3) is 2.00. The van der Waals surface area contributed by atoms with Crippen molar-refractivity contribution in [3.63, 3.8) is 0 Å². The van der Waals surface area contributed by atoms with Gasteiger partial charge in [-0.1, -0.05) is 29.4 Å². The van der Waals surface area contributed by atoms with Crippen molar-refractivity contribution >= 4 is 40.5 Å². The summed E-state index contributed by atoms with van der Waals surface area (Å²) in [6, 6.07) is 11.5. The summed E-state index contributed by atoms with van der Waals surface area (Å²) in [5.74, 6) is 0.0708. The summed E-state index contributed by atoms with van der Waals surface area (Å²) < 4.78 is 0. The molecule has 0 radical (unpaired) electrons. The Labute approximate surface area is 114 Å². The van der Waals surface area contributed by atoms with E-state index in [1.54, 1.807) is 18.7 Å². The maximum Gasteiger partial charge on any atom is 0.159 e. The fourth-order valence-electron chi connectivity index (χ4n) is 1.89. The first-order valence-corrected chi connectivity index (χ1v) is 6.72. The average molecular weight is 276 g/mol. The van der Waals surface area contributed by atoms with Crippen LogP contribution in [0.15, 0.2) is 46.2 Å². The number of hydrogen-bond acceptors (Lipinski definition) is 3. The van der Waals surface area contributed by atoms with E-state index in [0.29, 0.717) is 10.6 Å². The van der Waals surface area contributed by atoms with Crippen LogP contribution in [0.2, 0.25) is 5.02 Å². The second-order valence-corrected chi connectivity index (χ2v) is 5.65. The highest BCUT2D eigenvalue weighted by molar-refractivity contribution is 7.99. The summed E-state index contributed by atoms with van der Waals surface area (Å²) in [7, 11) is 0. The molecule has 0 aliphatic carbocycles. The Bertz CT molecular complexity index is 654. The SMILES string of the molecule is CC(=O)c1ccc2c(c1)Nc1cc(Cl)ccc1S2. The Kier molecular flexibility index (Phi) is 2.80. The molecular formula is C14H10ClNOS. The lowest BCUT2D eigenvalue weighted by Crippen LogP contribution is -2.02. The number of Topliss-reactive ketones (excluding diaryl/α,β-unsaturated/α-hetero) is 1. The first-order valence-electron chi connectivity index (χ1n) is 5.53. The van der Waals surface area contributed by atoms with Gasteiger partial charge in [-0.3, -0.25) is 4.79 Å². The van der Waals surface area contributed by atoms with Gasteiger partial charge in [-0.25, -0.2) is 0 Å². The minimum atomic E-state index is 0.0708. The molecular weight excluding hydrogens is 266 g/mol. The van der Waals surface area contributed by atoms with Crippen LogP contribution in [0.5, 0.6) is 0 Å². The van der Waals surface area contributed by atoms with Crippen LogP contribution in [0.3, 0.4) is 0 Å². The summed E-state index contributed by atoms with van der Waals surface area (Å²) in [6.45, 7) is 1.57. The van der Waals surface area contributed by atoms with E-state index in [0.717, 1.165) is 21.2 Å². The van der Waals surface area contributed by atoms with E-state index < -0.39 is 0 Å². The molecule has 0 bridgehead atoms. The molecule has 0 unspecified atom stereocenters. The van der Waals surface area contributed by atoms with Crippen LogP contribution in [0.1, 0.15) is 17.3 Å². The Morgan fingerprint density at radius 1 is 1.11 bits per heavy atom. The number of anilines is 2. The topological polar surface area (TPSA) is 29.1 Å². The molecule has 0 saturated heterocycles. The number of carbonyl (C=O) groups is 1. The molecule has 4 heteroatoms. The lowest BCUT2D eigenvalue weighted by molar-refractivity contribution is 0.101. The van der Waals surface area contributed by atoms with Crippen molar-refractivity contribution < 1.29 is 4.79 Å². The summed E-state index contributed by atoms with van der Waals surface area (Å²) in [5.41, 5.74) is 2.66. The number of ketones is 1. The van der Waals surface area contributed by atoms with Gasteiger partial charge >= 0.3 is 0 Å². The van der Waals surface area contributed by atoms with Crippen molar-refractivity contribution in [1.29, 1.82) is 0 Å². The predicted molar refractivity (Wildman–Crippen MR) is 75.3 cm³/mol. The molecule has 1 aliphatic rings. The molecule has 0 amide bonds. The lowest BCUT2D eigenvalue weighted by Gasteiger charge is -2.21. The number of nitrogens with one attached hydrogen (secondary N) is 1. The molecule has 2 aromatic carbocycles. The smallest absolute Gasteiger partial charge is 0.159 e. The zero-order valence-electron chi connectivity index (χ0n) is 9.66. The first kappa shape index (κ1) is 11.6. The van der Waals surface area contributed by atoms with Gasteiger partial charge in [0.15, 0.2) is 5.78 Å². The molecule has 0 atom stereocenters. The fraction of sp³-hybridized carbons (Fsp3) is 0.0714. The third-order valence-corrected chi connectivity index (χ3v) is 4.20. The van der Waals surface area contributed by atoms with Gasteiger partial charge in [-0.05, 0) is 37.3 Å². The van der Waals surface area contributed by atoms with Crippen molar-refractivity contribution in [3.8, 4) is 0 Å². The van der Waals surface area contributed by atoms with Gasteiger partial charge in [-0.2, -0.15) is 0 Å². The van der Waals surface area contributed by atoms with Crippen molar-refractivity contribution in [2.45, 2.75) is 16.7 Å². The standard InChI is InChI=1S/C14H10ClNOS/c1-8(17)9-2-4-13-11(6-9)16-12-7-10(15)3-5-14(12)18-13/h2-7,16H,1H3. The predicted octanol–water partition coefficient (Wildman–Crippen LogP) is 4.75. The molecule has 2 aromatic rings. The van der Waals surface area contributed by atoms with Crippen molar-refractivity contribution in [1.82, 2.24) is 0 Å². The maximum absolute atomic E-state index is 11.4. The molecule has 1 heterocycles. The van der Waals surface area contributed by atoms with Gasteiger partial charge in [0, 0.05) is 20.4 Å². The molecule has 18 heavy (non-hydrogen) atoms. The Morgan fingerprint density at radius 3 is 2.50 bits per heavy atom. The second-order valence-electron chi connectivity index (χ2n) is 4.13. The number of carbonyl (C=O) groups excluding carboxylic acids is 1. The maximum atomic E-state index is 11.4. The van der Waals surface area contributed by atoms with Gasteiger partial charge < -0.3 is 5.32 Å². The quantitative estimate of drug-likeness (QED) is 0.650. The van der Waals surface area contributed by atoms with Gasteiger partial charge in [0.05, 0.1) is 11.4 Å². The fourth-order valence-corrected chi connectivity index (χ4v) is 3.01. The highest BCUT2D eigenvalue weighted by Gasteiger charge is 2.16. The van der Waals surface area contributed by atoms with Crippen molar-refractivity contribution in [2.75, 3.05) is 5.32 Å². The zero-order valence-corrected chi connectivity index (χ0v) is 11.2. The molecule has 2 nitrogen and oxygen atoms in total. The number of benzene rings is 2. The molecule has 1 N–H and O–H groups in total. The van der Waals surface area contributed by atoms with E-state index in [9.17, 15) is 4.79 Å². The van der Waals surface area contributed by atoms with Gasteiger partial charge in [0.25, 0.3) is 0 Å². The largest absolute Gasteiger partial charge is 0.354 e. The van der Waals surface area contributed by atoms with E-state index in [2.05, 4.69) is 5.32 Å². The molecule has 0 fully saturated rings. The normalized spacial score (nSPS) is 12.3. The molecule has 0 saturated carbocycles. The second kappa shape index (κ2) is 4.34. The van der Waals surface area contributed by atoms with E-state index in [4.69, 9.17) is 11.6 Å². The highest BCUT2D eigenvalue weighted by atomic mass is 35.5. The van der Waals surface area contributed by atoms with Gasteiger partial charge in [-0.15, -0.1) is 0 Å². The van der Waals surface area contributed by atoms with E-state index in [-0.39, 0.29) is 5.78 Å². The van der Waals surface area contributed by atoms with Crippen LogP contribution in [-0.2, 0) is 0 Å². The molecule has 3 rings (SSSR count). The Balaban J connectivity index is 2.05. The molecule has 1 aliphatic heterocycles. The van der Waals surface area contributed by atoms with Crippen molar-refractivity contribution in [2.24, 2.45) is 0 Å². The van der Waals surface area contributed by atoms with Crippen LogP contribution >= 0.6 is 23.4 Å². The number of fused-ring (bicyclic) bond motifs is 2. The Hall–Kier alpha value is -1.45. The van der Waals surface area contributed by atoms with Crippen LogP contribution in [-0.4, -0.2) is 5.78 Å². The van der Waals surface area contributed by atoms with E-state index in [1.807, 2.05) is 36.4 Å². The molecule has 0 aromatic heterocycles. The number of rotatable bonds is 1. The van der Waals surface area contributed by atoms with E-state index in [1.165, 1.54) is 0 Å². The van der Waals surface area contributed by atoms with Gasteiger partial charge in [0.1, 0.15) is 0 Å². The third-order valence-electron chi connectivity index (χ3n) is 2.82. The summed E-state index contributed by atoms with van der Waals surface area (Å²) in [6.07, 6.45) is 0. The number of hydrogen-bond donors (Lipinski definition) is 1. The summed E-state index contributed by atoms with van der Waals surface area (Å²) in [4.78, 5) is 13.6. The van der Waals surface area contributed by atoms with Crippen LogP contribution in [0.4, 0.5) is 11.4 Å². The van der Waals surface area contributed by atoms with Crippen LogP contribution < -0.4 is 5.32 Å². The number of halogens is 1. The monoisotopic (exact) mass is 275 g/mol. The minimum Gasteiger partial charge on any atom is -0.354 e. The summed E-state index contributed by atoms with van der Waals surface area (Å²) >= 11 is 7.66. The average Bonchev–Trinajstić information content (AvgIpc) is 2.35. The Morgan fingerprint density at radius 2 is 1.78 bits per heavy atom.